The molecule has 0 bridgehead atoms. The van der Waals surface area contributed by atoms with Crippen molar-refractivity contribution >= 4 is 5.91 Å². The molecule has 2 aliphatic heterocycles. The van der Waals surface area contributed by atoms with Gasteiger partial charge in [0.15, 0.2) is 0 Å². The number of nitrogens with one attached hydrogen (secondary N) is 1. The maximum absolute atomic E-state index is 12.9. The maximum Gasteiger partial charge on any atom is 0.241 e. The predicted molar refractivity (Wildman–Crippen MR) is 84.9 cm³/mol. The molecule has 1 amide bonds. The van der Waals surface area contributed by atoms with E-state index in [2.05, 4.69) is 42.8 Å². The second kappa shape index (κ2) is 5.88. The van der Waals surface area contributed by atoms with E-state index in [-0.39, 0.29) is 12.2 Å². The van der Waals surface area contributed by atoms with Crippen LogP contribution in [-0.2, 0) is 4.79 Å². The van der Waals surface area contributed by atoms with Gasteiger partial charge in [-0.1, -0.05) is 27.7 Å². The molecule has 0 aromatic rings. The summed E-state index contributed by atoms with van der Waals surface area (Å²) in [5.41, 5.74) is 0. The molecule has 1 aliphatic carbocycles. The number of carbonyl (C=O) groups is 1. The first kappa shape index (κ1) is 15.3. The molecule has 4 nitrogen and oxygen atoms in total. The normalized spacial score (nSPS) is 34.7. The lowest BCUT2D eigenvalue weighted by Gasteiger charge is -2.32. The third-order valence-electron chi connectivity index (χ3n) is 5.21. The molecule has 0 aromatic carbocycles. The van der Waals surface area contributed by atoms with Crippen molar-refractivity contribution in [3.8, 4) is 0 Å². The highest BCUT2D eigenvalue weighted by atomic mass is 16.2. The highest BCUT2D eigenvalue weighted by molar-refractivity contribution is 5.84. The Morgan fingerprint density at radius 1 is 1.14 bits per heavy atom. The molecule has 2 heterocycles. The third kappa shape index (κ3) is 3.11. The molecule has 3 fully saturated rings. The fraction of sp³-hybridized carbons (Fsp3) is 0.941. The predicted octanol–water partition coefficient (Wildman–Crippen LogP) is 2.05. The summed E-state index contributed by atoms with van der Waals surface area (Å²) in [7, 11) is 0. The van der Waals surface area contributed by atoms with Crippen LogP contribution >= 0.6 is 0 Å². The zero-order valence-corrected chi connectivity index (χ0v) is 14.0. The van der Waals surface area contributed by atoms with Crippen LogP contribution in [0.5, 0.6) is 0 Å². The molecule has 21 heavy (non-hydrogen) atoms. The number of hydrogen-bond acceptors (Lipinski definition) is 3. The van der Waals surface area contributed by atoms with Crippen LogP contribution in [0.25, 0.3) is 0 Å². The molecular formula is C17H31N3O. The van der Waals surface area contributed by atoms with Gasteiger partial charge in [0.1, 0.15) is 0 Å². The standard InChI is InChI=1S/C17H31N3O/c1-11(2)9-15-17(21)20(16(18-15)12(3)4)14-7-8-19(10-14)13-5-6-13/h11-16,18H,5-10H2,1-4H3. The Kier molecular flexibility index (Phi) is 4.28. The number of likely N-dealkylation sites (tertiary alicyclic amines) is 1. The van der Waals surface area contributed by atoms with E-state index < -0.39 is 0 Å². The van der Waals surface area contributed by atoms with Crippen LogP contribution in [-0.4, -0.2) is 53.1 Å². The van der Waals surface area contributed by atoms with E-state index in [1.807, 2.05) is 0 Å². The minimum atomic E-state index is 0.0346. The van der Waals surface area contributed by atoms with Crippen molar-refractivity contribution in [2.45, 2.75) is 77.7 Å². The highest BCUT2D eigenvalue weighted by Crippen LogP contribution is 2.33. The molecule has 3 aliphatic rings. The Balaban J connectivity index is 1.70. The summed E-state index contributed by atoms with van der Waals surface area (Å²) in [6, 6.07) is 1.28. The minimum Gasteiger partial charge on any atom is -0.321 e. The fourth-order valence-corrected chi connectivity index (χ4v) is 4.00. The first-order valence-corrected chi connectivity index (χ1v) is 8.79. The largest absolute Gasteiger partial charge is 0.321 e. The molecule has 0 spiro atoms. The van der Waals surface area contributed by atoms with Crippen molar-refractivity contribution in [1.29, 1.82) is 0 Å². The van der Waals surface area contributed by atoms with E-state index in [0.717, 1.165) is 25.4 Å². The molecule has 3 unspecified atom stereocenters. The average Bonchev–Trinajstić information content (AvgIpc) is 3.06. The van der Waals surface area contributed by atoms with Gasteiger partial charge in [-0.2, -0.15) is 0 Å². The lowest BCUT2D eigenvalue weighted by atomic mass is 10.0. The molecule has 4 heteroatoms. The Bertz CT molecular complexity index is 391. The molecule has 1 saturated carbocycles. The third-order valence-corrected chi connectivity index (χ3v) is 5.21. The van der Waals surface area contributed by atoms with Gasteiger partial charge < -0.3 is 4.90 Å². The van der Waals surface area contributed by atoms with Crippen molar-refractivity contribution in [3.63, 3.8) is 0 Å². The Morgan fingerprint density at radius 2 is 1.86 bits per heavy atom. The van der Waals surface area contributed by atoms with E-state index >= 15 is 0 Å². The number of rotatable bonds is 5. The number of amides is 1. The van der Waals surface area contributed by atoms with Crippen molar-refractivity contribution in [2.75, 3.05) is 13.1 Å². The topological polar surface area (TPSA) is 35.6 Å². The first-order chi connectivity index (χ1) is 9.97. The van der Waals surface area contributed by atoms with Gasteiger partial charge >= 0.3 is 0 Å². The van der Waals surface area contributed by atoms with Gasteiger partial charge in [-0.25, -0.2) is 0 Å². The van der Waals surface area contributed by atoms with E-state index in [1.165, 1.54) is 19.4 Å². The molecule has 3 rings (SSSR count). The van der Waals surface area contributed by atoms with Crippen LogP contribution in [0.3, 0.4) is 0 Å². The van der Waals surface area contributed by atoms with E-state index in [4.69, 9.17) is 0 Å². The molecule has 120 valence electrons. The van der Waals surface area contributed by atoms with E-state index in [1.54, 1.807) is 0 Å². The van der Waals surface area contributed by atoms with Gasteiger partial charge in [-0.3, -0.25) is 15.0 Å². The smallest absolute Gasteiger partial charge is 0.241 e. The van der Waals surface area contributed by atoms with Crippen LogP contribution in [0, 0.1) is 11.8 Å². The van der Waals surface area contributed by atoms with Crippen LogP contribution < -0.4 is 5.32 Å². The van der Waals surface area contributed by atoms with Gasteiger partial charge in [-0.05, 0) is 37.5 Å². The monoisotopic (exact) mass is 293 g/mol. The lowest BCUT2D eigenvalue weighted by molar-refractivity contribution is -0.132. The maximum atomic E-state index is 12.9. The summed E-state index contributed by atoms with van der Waals surface area (Å²) >= 11 is 0. The quantitative estimate of drug-likeness (QED) is 0.843. The first-order valence-electron chi connectivity index (χ1n) is 8.79. The fourth-order valence-electron chi connectivity index (χ4n) is 4.00. The zero-order chi connectivity index (χ0) is 15.1. The van der Waals surface area contributed by atoms with Gasteiger partial charge in [0.25, 0.3) is 0 Å². The van der Waals surface area contributed by atoms with Crippen LogP contribution in [0.15, 0.2) is 0 Å². The number of hydrogen-bond donors (Lipinski definition) is 1. The summed E-state index contributed by atoms with van der Waals surface area (Å²) in [6.45, 7) is 11.1. The summed E-state index contributed by atoms with van der Waals surface area (Å²) < 4.78 is 0. The van der Waals surface area contributed by atoms with Crippen molar-refractivity contribution in [3.05, 3.63) is 0 Å². The van der Waals surface area contributed by atoms with Gasteiger partial charge in [0.2, 0.25) is 5.91 Å². The van der Waals surface area contributed by atoms with Crippen molar-refractivity contribution in [1.82, 2.24) is 15.1 Å². The lowest BCUT2D eigenvalue weighted by Crippen LogP contribution is -2.48. The second-order valence-corrected chi connectivity index (χ2v) is 7.95. The summed E-state index contributed by atoms with van der Waals surface area (Å²) in [6.07, 6.45) is 5.06. The molecule has 3 atom stereocenters. The summed E-state index contributed by atoms with van der Waals surface area (Å²) in [5.74, 6) is 1.39. The van der Waals surface area contributed by atoms with Gasteiger partial charge in [0, 0.05) is 25.2 Å². The average molecular weight is 293 g/mol. The number of nitrogens with zero attached hydrogens (tertiary/aromatic N) is 2. The van der Waals surface area contributed by atoms with Crippen LogP contribution in [0.1, 0.15) is 53.4 Å². The second-order valence-electron chi connectivity index (χ2n) is 7.95. The molecule has 2 saturated heterocycles. The van der Waals surface area contributed by atoms with Gasteiger partial charge in [-0.15, -0.1) is 0 Å². The summed E-state index contributed by atoms with van der Waals surface area (Å²) in [4.78, 5) is 17.7. The molecule has 0 radical (unpaired) electrons. The Labute approximate surface area is 129 Å². The van der Waals surface area contributed by atoms with E-state index in [0.29, 0.717) is 23.8 Å². The summed E-state index contributed by atoms with van der Waals surface area (Å²) in [5, 5.41) is 3.62. The molecule has 0 aromatic heterocycles. The van der Waals surface area contributed by atoms with Crippen LogP contribution in [0.4, 0.5) is 0 Å². The molecular weight excluding hydrogens is 262 g/mol. The minimum absolute atomic E-state index is 0.0346. The highest BCUT2D eigenvalue weighted by Gasteiger charge is 2.46. The van der Waals surface area contributed by atoms with Crippen LogP contribution in [0.2, 0.25) is 0 Å². The number of carbonyl (C=O) groups excluding carboxylic acids is 1. The van der Waals surface area contributed by atoms with Crippen molar-refractivity contribution < 1.29 is 4.79 Å². The zero-order valence-electron chi connectivity index (χ0n) is 14.0. The Morgan fingerprint density at radius 3 is 2.43 bits per heavy atom. The van der Waals surface area contributed by atoms with Gasteiger partial charge in [0.05, 0.1) is 12.2 Å². The van der Waals surface area contributed by atoms with Crippen molar-refractivity contribution in [2.24, 2.45) is 11.8 Å². The Hall–Kier alpha value is -0.610. The molecule has 1 N–H and O–H groups in total. The SMILES string of the molecule is CC(C)CC1NC(C(C)C)N(C2CCN(C3CC3)C2)C1=O. The van der Waals surface area contributed by atoms with E-state index in [9.17, 15) is 4.79 Å².